The van der Waals surface area contributed by atoms with Gasteiger partial charge in [-0.15, -0.1) is 0 Å². The normalized spacial score (nSPS) is 12.5. The zero-order valence-corrected chi connectivity index (χ0v) is 9.21. The van der Waals surface area contributed by atoms with Gasteiger partial charge in [0.05, 0.1) is 0 Å². The first kappa shape index (κ1) is 13.4. The van der Waals surface area contributed by atoms with Crippen LogP contribution in [0, 0.1) is 0 Å². The molecule has 14 heavy (non-hydrogen) atoms. The lowest BCUT2D eigenvalue weighted by atomic mass is 10.2. The van der Waals surface area contributed by atoms with Crippen LogP contribution in [0.15, 0.2) is 0 Å². The number of amides is 1. The summed E-state index contributed by atoms with van der Waals surface area (Å²) in [6.07, 6.45) is 2.15. The van der Waals surface area contributed by atoms with Crippen molar-refractivity contribution in [2.45, 2.75) is 39.2 Å². The molecule has 0 fully saturated rings. The SMILES string of the molecule is CCOCCCC(=O)NC(C)CCN. The topological polar surface area (TPSA) is 64.3 Å². The summed E-state index contributed by atoms with van der Waals surface area (Å²) in [5.41, 5.74) is 5.37. The van der Waals surface area contributed by atoms with Gasteiger partial charge in [0, 0.05) is 25.7 Å². The molecule has 84 valence electrons. The quantitative estimate of drug-likeness (QED) is 0.568. The van der Waals surface area contributed by atoms with Crippen LogP contribution in [-0.2, 0) is 9.53 Å². The lowest BCUT2D eigenvalue weighted by molar-refractivity contribution is -0.122. The number of ether oxygens (including phenoxy) is 1. The van der Waals surface area contributed by atoms with Crippen LogP contribution in [0.5, 0.6) is 0 Å². The largest absolute Gasteiger partial charge is 0.382 e. The van der Waals surface area contributed by atoms with E-state index >= 15 is 0 Å². The Balaban J connectivity index is 3.35. The molecule has 0 aliphatic carbocycles. The lowest BCUT2D eigenvalue weighted by Gasteiger charge is -2.12. The van der Waals surface area contributed by atoms with Crippen LogP contribution in [0.4, 0.5) is 0 Å². The Kier molecular flexibility index (Phi) is 8.57. The van der Waals surface area contributed by atoms with Gasteiger partial charge in [0.15, 0.2) is 0 Å². The van der Waals surface area contributed by atoms with E-state index in [4.69, 9.17) is 10.5 Å². The first-order valence-electron chi connectivity index (χ1n) is 5.27. The molecular weight excluding hydrogens is 180 g/mol. The lowest BCUT2D eigenvalue weighted by Crippen LogP contribution is -2.33. The summed E-state index contributed by atoms with van der Waals surface area (Å²) in [5.74, 6) is 0.0886. The minimum absolute atomic E-state index is 0.0886. The molecule has 0 aromatic heterocycles. The molecule has 4 heteroatoms. The maximum absolute atomic E-state index is 11.3. The van der Waals surface area contributed by atoms with Gasteiger partial charge in [0.2, 0.25) is 5.91 Å². The summed E-state index contributed by atoms with van der Waals surface area (Å²) in [6, 6.07) is 0.180. The molecule has 0 spiro atoms. The van der Waals surface area contributed by atoms with Gasteiger partial charge in [-0.3, -0.25) is 4.79 Å². The standard InChI is InChI=1S/C10H22N2O2/c1-3-14-8-4-5-10(13)12-9(2)6-7-11/h9H,3-8,11H2,1-2H3,(H,12,13). The summed E-state index contributed by atoms with van der Waals surface area (Å²) in [4.78, 5) is 11.3. The van der Waals surface area contributed by atoms with Crippen LogP contribution in [-0.4, -0.2) is 31.7 Å². The molecule has 0 radical (unpaired) electrons. The Labute approximate surface area is 86.2 Å². The molecule has 0 aromatic carbocycles. The van der Waals surface area contributed by atoms with Crippen molar-refractivity contribution >= 4 is 5.91 Å². The van der Waals surface area contributed by atoms with Gasteiger partial charge in [-0.2, -0.15) is 0 Å². The van der Waals surface area contributed by atoms with Crippen molar-refractivity contribution in [1.82, 2.24) is 5.32 Å². The van der Waals surface area contributed by atoms with Crippen molar-refractivity contribution in [3.05, 3.63) is 0 Å². The highest BCUT2D eigenvalue weighted by Gasteiger charge is 2.05. The van der Waals surface area contributed by atoms with E-state index in [2.05, 4.69) is 5.32 Å². The van der Waals surface area contributed by atoms with E-state index in [1.54, 1.807) is 0 Å². The van der Waals surface area contributed by atoms with E-state index in [-0.39, 0.29) is 11.9 Å². The fourth-order valence-electron chi connectivity index (χ4n) is 1.15. The molecule has 4 nitrogen and oxygen atoms in total. The summed E-state index contributed by atoms with van der Waals surface area (Å²) in [5, 5.41) is 2.88. The number of nitrogens with one attached hydrogen (secondary N) is 1. The van der Waals surface area contributed by atoms with Crippen molar-refractivity contribution in [1.29, 1.82) is 0 Å². The molecular formula is C10H22N2O2. The van der Waals surface area contributed by atoms with Crippen molar-refractivity contribution in [2.75, 3.05) is 19.8 Å². The maximum Gasteiger partial charge on any atom is 0.220 e. The van der Waals surface area contributed by atoms with Crippen molar-refractivity contribution in [3.63, 3.8) is 0 Å². The van der Waals surface area contributed by atoms with Crippen LogP contribution in [0.2, 0.25) is 0 Å². The van der Waals surface area contributed by atoms with E-state index < -0.39 is 0 Å². The highest BCUT2D eigenvalue weighted by molar-refractivity contribution is 5.76. The monoisotopic (exact) mass is 202 g/mol. The molecule has 1 atom stereocenters. The number of hydrogen-bond acceptors (Lipinski definition) is 3. The van der Waals surface area contributed by atoms with Crippen LogP contribution in [0.1, 0.15) is 33.1 Å². The second-order valence-electron chi connectivity index (χ2n) is 3.35. The van der Waals surface area contributed by atoms with Crippen molar-refractivity contribution in [3.8, 4) is 0 Å². The van der Waals surface area contributed by atoms with Gasteiger partial charge in [0.25, 0.3) is 0 Å². The van der Waals surface area contributed by atoms with E-state index in [1.165, 1.54) is 0 Å². The molecule has 3 N–H and O–H groups in total. The average Bonchev–Trinajstić information content (AvgIpc) is 2.13. The zero-order valence-electron chi connectivity index (χ0n) is 9.21. The molecule has 1 unspecified atom stereocenters. The smallest absolute Gasteiger partial charge is 0.220 e. The van der Waals surface area contributed by atoms with Gasteiger partial charge >= 0.3 is 0 Å². The fourth-order valence-corrected chi connectivity index (χ4v) is 1.15. The van der Waals surface area contributed by atoms with E-state index in [0.29, 0.717) is 26.2 Å². The second kappa shape index (κ2) is 8.97. The number of carbonyl (C=O) groups excluding carboxylic acids is 1. The summed E-state index contributed by atoms with van der Waals surface area (Å²) in [6.45, 7) is 5.90. The Hall–Kier alpha value is -0.610. The molecule has 0 aromatic rings. The Morgan fingerprint density at radius 3 is 2.86 bits per heavy atom. The van der Waals surface area contributed by atoms with Crippen LogP contribution in [0.25, 0.3) is 0 Å². The number of carbonyl (C=O) groups is 1. The van der Waals surface area contributed by atoms with E-state index in [9.17, 15) is 4.79 Å². The molecule has 0 heterocycles. The Morgan fingerprint density at radius 1 is 1.57 bits per heavy atom. The maximum atomic E-state index is 11.3. The number of hydrogen-bond donors (Lipinski definition) is 2. The molecule has 0 saturated carbocycles. The Bertz CT molecular complexity index is 151. The van der Waals surface area contributed by atoms with E-state index in [1.807, 2.05) is 13.8 Å². The van der Waals surface area contributed by atoms with Crippen LogP contribution >= 0.6 is 0 Å². The third kappa shape index (κ3) is 8.01. The predicted molar refractivity (Wildman–Crippen MR) is 57.0 cm³/mol. The third-order valence-electron chi connectivity index (χ3n) is 1.90. The highest BCUT2D eigenvalue weighted by Crippen LogP contribution is 1.93. The number of rotatable bonds is 8. The van der Waals surface area contributed by atoms with Crippen LogP contribution in [0.3, 0.4) is 0 Å². The molecule has 0 saturated heterocycles. The minimum Gasteiger partial charge on any atom is -0.382 e. The summed E-state index contributed by atoms with van der Waals surface area (Å²) >= 11 is 0. The molecule has 0 aliphatic rings. The fraction of sp³-hybridized carbons (Fsp3) is 0.900. The molecule has 0 bridgehead atoms. The zero-order chi connectivity index (χ0) is 10.8. The van der Waals surface area contributed by atoms with Gasteiger partial charge in [-0.1, -0.05) is 0 Å². The van der Waals surface area contributed by atoms with Gasteiger partial charge in [-0.25, -0.2) is 0 Å². The predicted octanol–water partition coefficient (Wildman–Crippen LogP) is 0.657. The Morgan fingerprint density at radius 2 is 2.29 bits per heavy atom. The van der Waals surface area contributed by atoms with Gasteiger partial charge in [0.1, 0.15) is 0 Å². The highest BCUT2D eigenvalue weighted by atomic mass is 16.5. The van der Waals surface area contributed by atoms with Crippen molar-refractivity contribution < 1.29 is 9.53 Å². The van der Waals surface area contributed by atoms with Crippen LogP contribution < -0.4 is 11.1 Å². The minimum atomic E-state index is 0.0886. The van der Waals surface area contributed by atoms with Crippen molar-refractivity contribution in [2.24, 2.45) is 5.73 Å². The molecule has 1 amide bonds. The average molecular weight is 202 g/mol. The van der Waals surface area contributed by atoms with Gasteiger partial charge in [-0.05, 0) is 33.2 Å². The van der Waals surface area contributed by atoms with Gasteiger partial charge < -0.3 is 15.8 Å². The second-order valence-corrected chi connectivity index (χ2v) is 3.35. The summed E-state index contributed by atoms with van der Waals surface area (Å²) < 4.78 is 5.14. The number of nitrogens with two attached hydrogens (primary N) is 1. The molecule has 0 rings (SSSR count). The first-order valence-corrected chi connectivity index (χ1v) is 5.27. The first-order chi connectivity index (χ1) is 6.70. The third-order valence-corrected chi connectivity index (χ3v) is 1.90. The van der Waals surface area contributed by atoms with E-state index in [0.717, 1.165) is 12.8 Å². The summed E-state index contributed by atoms with van der Waals surface area (Å²) in [7, 11) is 0. The molecule has 0 aliphatic heterocycles.